The second-order valence-corrected chi connectivity index (χ2v) is 6.67. The maximum atomic E-state index is 13.4. The number of aryl methyl sites for hydroxylation is 1. The Morgan fingerprint density at radius 1 is 1.20 bits per heavy atom. The van der Waals surface area contributed by atoms with Crippen LogP contribution in [0.3, 0.4) is 0 Å². The highest BCUT2D eigenvalue weighted by Crippen LogP contribution is 2.37. The number of rotatable bonds is 1. The Labute approximate surface area is 143 Å². The molecule has 0 fully saturated rings. The van der Waals surface area contributed by atoms with Gasteiger partial charge in [0, 0.05) is 35.2 Å². The van der Waals surface area contributed by atoms with Crippen molar-refractivity contribution >= 4 is 27.4 Å². The highest BCUT2D eigenvalue weighted by molar-refractivity contribution is 6.05. The van der Waals surface area contributed by atoms with Crippen LogP contribution in [0.1, 0.15) is 23.4 Å². The van der Waals surface area contributed by atoms with Crippen LogP contribution >= 0.6 is 0 Å². The van der Waals surface area contributed by atoms with E-state index < -0.39 is 11.7 Å². The van der Waals surface area contributed by atoms with Crippen LogP contribution < -0.4 is 0 Å². The number of nitrogens with zero attached hydrogens (tertiary/aromatic N) is 2. The quantitative estimate of drug-likeness (QED) is 0.689. The van der Waals surface area contributed by atoms with Gasteiger partial charge in [0.2, 0.25) is 0 Å². The van der Waals surface area contributed by atoms with Crippen LogP contribution in [0.15, 0.2) is 30.3 Å². The van der Waals surface area contributed by atoms with E-state index in [4.69, 9.17) is 0 Å². The first-order chi connectivity index (χ1) is 11.8. The molecule has 0 atom stereocenters. The molecule has 0 amide bonds. The van der Waals surface area contributed by atoms with Gasteiger partial charge in [0.1, 0.15) is 0 Å². The maximum absolute atomic E-state index is 13.4. The number of aromatic nitrogens is 2. The first-order valence-corrected chi connectivity index (χ1v) is 8.21. The SMILES string of the molecule is Cc1cc(C(F)(F)F)c2ccc3cc(C4=CCCN(C)C4)[nH]c3c2n1. The number of nitrogens with one attached hydrogen (secondary N) is 1. The monoisotopic (exact) mass is 345 g/mol. The van der Waals surface area contributed by atoms with Gasteiger partial charge in [-0.25, -0.2) is 0 Å². The average Bonchev–Trinajstić information content (AvgIpc) is 2.98. The van der Waals surface area contributed by atoms with E-state index in [1.165, 1.54) is 11.6 Å². The summed E-state index contributed by atoms with van der Waals surface area (Å²) in [5, 5.41) is 1.01. The number of likely N-dealkylation sites (N-methyl/N-ethyl adjacent to an activating group) is 1. The average molecular weight is 345 g/mol. The van der Waals surface area contributed by atoms with Crippen molar-refractivity contribution in [3.63, 3.8) is 0 Å². The molecule has 0 bridgehead atoms. The van der Waals surface area contributed by atoms with Crippen LogP contribution in [0.5, 0.6) is 0 Å². The third-order valence-corrected chi connectivity index (χ3v) is 4.69. The van der Waals surface area contributed by atoms with Crippen LogP contribution in [-0.2, 0) is 6.18 Å². The van der Waals surface area contributed by atoms with E-state index in [0.717, 1.165) is 36.7 Å². The van der Waals surface area contributed by atoms with Crippen molar-refractivity contribution in [2.45, 2.75) is 19.5 Å². The van der Waals surface area contributed by atoms with Gasteiger partial charge in [0.05, 0.1) is 16.6 Å². The molecule has 1 N–H and O–H groups in total. The van der Waals surface area contributed by atoms with Crippen molar-refractivity contribution in [3.05, 3.63) is 47.3 Å². The number of aromatic amines is 1. The summed E-state index contributed by atoms with van der Waals surface area (Å²) in [6.07, 6.45) is -1.24. The standard InChI is InChI=1S/C19H18F3N3/c1-11-8-15(19(20,21)22)14-6-5-12-9-16(24-17(12)18(14)23-11)13-4-3-7-25(2)10-13/h4-6,8-9,24H,3,7,10H2,1-2H3. The van der Waals surface area contributed by atoms with Crippen molar-refractivity contribution in [1.29, 1.82) is 0 Å². The zero-order valence-electron chi connectivity index (χ0n) is 14.0. The van der Waals surface area contributed by atoms with Crippen LogP contribution in [0, 0.1) is 6.92 Å². The molecule has 1 aliphatic heterocycles. The molecule has 130 valence electrons. The molecule has 6 heteroatoms. The minimum Gasteiger partial charge on any atom is -0.353 e. The van der Waals surface area contributed by atoms with Crippen molar-refractivity contribution < 1.29 is 13.2 Å². The fraction of sp³-hybridized carbons (Fsp3) is 0.316. The lowest BCUT2D eigenvalue weighted by molar-refractivity contribution is -0.136. The molecule has 0 unspecified atom stereocenters. The third kappa shape index (κ3) is 2.80. The van der Waals surface area contributed by atoms with Crippen LogP contribution in [-0.4, -0.2) is 35.0 Å². The summed E-state index contributed by atoms with van der Waals surface area (Å²) >= 11 is 0. The summed E-state index contributed by atoms with van der Waals surface area (Å²) in [6.45, 7) is 3.43. The number of hydrogen-bond acceptors (Lipinski definition) is 2. The van der Waals surface area contributed by atoms with Gasteiger partial charge in [-0.2, -0.15) is 13.2 Å². The molecular formula is C19H18F3N3. The maximum Gasteiger partial charge on any atom is 0.417 e. The molecule has 0 radical (unpaired) electrons. The van der Waals surface area contributed by atoms with E-state index in [1.807, 2.05) is 6.07 Å². The normalized spacial score (nSPS) is 16.6. The first kappa shape index (κ1) is 16.1. The van der Waals surface area contributed by atoms with Crippen LogP contribution in [0.25, 0.3) is 27.4 Å². The summed E-state index contributed by atoms with van der Waals surface area (Å²) in [5.41, 5.74) is 2.88. The number of benzene rings is 1. The Kier molecular flexibility index (Phi) is 3.61. The zero-order chi connectivity index (χ0) is 17.8. The largest absolute Gasteiger partial charge is 0.417 e. The van der Waals surface area contributed by atoms with Gasteiger partial charge in [0.15, 0.2) is 0 Å². The second kappa shape index (κ2) is 5.59. The van der Waals surface area contributed by atoms with E-state index >= 15 is 0 Å². The molecule has 0 aliphatic carbocycles. The number of fused-ring (bicyclic) bond motifs is 3. The molecule has 0 spiro atoms. The molecule has 2 aromatic heterocycles. The lowest BCUT2D eigenvalue weighted by atomic mass is 10.0. The molecule has 1 aliphatic rings. The summed E-state index contributed by atoms with van der Waals surface area (Å²) in [5.74, 6) is 0. The van der Waals surface area contributed by atoms with E-state index in [-0.39, 0.29) is 5.39 Å². The Balaban J connectivity index is 1.95. The predicted molar refractivity (Wildman–Crippen MR) is 93.4 cm³/mol. The Hall–Kier alpha value is -2.34. The van der Waals surface area contributed by atoms with Gasteiger partial charge in [-0.05, 0) is 38.1 Å². The first-order valence-electron chi connectivity index (χ1n) is 8.21. The fourth-order valence-electron chi connectivity index (χ4n) is 3.51. The number of pyridine rings is 1. The molecular weight excluding hydrogens is 327 g/mol. The molecule has 4 rings (SSSR count). The van der Waals surface area contributed by atoms with E-state index in [9.17, 15) is 13.2 Å². The topological polar surface area (TPSA) is 31.9 Å². The smallest absolute Gasteiger partial charge is 0.353 e. The van der Waals surface area contributed by atoms with Crippen molar-refractivity contribution in [1.82, 2.24) is 14.9 Å². The summed E-state index contributed by atoms with van der Waals surface area (Å²) in [4.78, 5) is 9.93. The lowest BCUT2D eigenvalue weighted by Crippen LogP contribution is -2.24. The van der Waals surface area contributed by atoms with Gasteiger partial charge < -0.3 is 9.88 Å². The highest BCUT2D eigenvalue weighted by atomic mass is 19.4. The fourth-order valence-corrected chi connectivity index (χ4v) is 3.51. The molecule has 3 aromatic rings. The molecule has 1 aromatic carbocycles. The van der Waals surface area contributed by atoms with E-state index in [1.54, 1.807) is 13.0 Å². The summed E-state index contributed by atoms with van der Waals surface area (Å²) in [6, 6.07) is 6.36. The second-order valence-electron chi connectivity index (χ2n) is 6.67. The van der Waals surface area contributed by atoms with Crippen molar-refractivity contribution in [2.24, 2.45) is 0 Å². The highest BCUT2D eigenvalue weighted by Gasteiger charge is 2.33. The third-order valence-electron chi connectivity index (χ3n) is 4.69. The number of halogens is 3. The summed E-state index contributed by atoms with van der Waals surface area (Å²) in [7, 11) is 2.06. The van der Waals surface area contributed by atoms with Gasteiger partial charge in [-0.3, -0.25) is 4.98 Å². The van der Waals surface area contributed by atoms with E-state index in [2.05, 4.69) is 28.0 Å². The van der Waals surface area contributed by atoms with Crippen molar-refractivity contribution in [3.8, 4) is 0 Å². The Morgan fingerprint density at radius 2 is 2.00 bits per heavy atom. The Morgan fingerprint density at radius 3 is 2.72 bits per heavy atom. The Bertz CT molecular complexity index is 998. The molecule has 25 heavy (non-hydrogen) atoms. The zero-order valence-corrected chi connectivity index (χ0v) is 14.0. The van der Waals surface area contributed by atoms with Gasteiger partial charge in [0.25, 0.3) is 0 Å². The number of H-pyrrole nitrogens is 1. The summed E-state index contributed by atoms with van der Waals surface area (Å²) < 4.78 is 40.2. The number of alkyl halides is 3. The van der Waals surface area contributed by atoms with Gasteiger partial charge in [-0.15, -0.1) is 0 Å². The predicted octanol–water partition coefficient (Wildman–Crippen LogP) is 4.76. The van der Waals surface area contributed by atoms with Gasteiger partial charge in [-0.1, -0.05) is 18.2 Å². The van der Waals surface area contributed by atoms with Gasteiger partial charge >= 0.3 is 6.18 Å². The minimum absolute atomic E-state index is 0.133. The van der Waals surface area contributed by atoms with Crippen LogP contribution in [0.4, 0.5) is 13.2 Å². The van der Waals surface area contributed by atoms with Crippen LogP contribution in [0.2, 0.25) is 0 Å². The molecule has 0 saturated carbocycles. The minimum atomic E-state index is -4.40. The lowest BCUT2D eigenvalue weighted by Gasteiger charge is -2.22. The molecule has 0 saturated heterocycles. The van der Waals surface area contributed by atoms with E-state index in [0.29, 0.717) is 16.7 Å². The number of hydrogen-bond donors (Lipinski definition) is 1. The van der Waals surface area contributed by atoms with Crippen molar-refractivity contribution in [2.75, 3.05) is 20.1 Å². The molecule has 3 nitrogen and oxygen atoms in total. The molecule has 3 heterocycles.